The summed E-state index contributed by atoms with van der Waals surface area (Å²) < 4.78 is 2.77. The number of aromatic nitrogens is 2. The van der Waals surface area contributed by atoms with Gasteiger partial charge in [0.05, 0.1) is 6.54 Å². The summed E-state index contributed by atoms with van der Waals surface area (Å²) in [5.41, 5.74) is 0.186. The minimum absolute atomic E-state index is 0.189. The van der Waals surface area contributed by atoms with E-state index in [9.17, 15) is 9.59 Å². The first kappa shape index (κ1) is 15.3. The Balaban J connectivity index is 2.31. The Labute approximate surface area is 126 Å². The molecule has 1 N–H and O–H groups in total. The van der Waals surface area contributed by atoms with Crippen molar-refractivity contribution in [1.82, 2.24) is 9.13 Å². The molecule has 0 bridgehead atoms. The van der Waals surface area contributed by atoms with Crippen molar-refractivity contribution in [2.24, 2.45) is 0 Å². The first-order chi connectivity index (χ1) is 10.2. The second-order valence-corrected chi connectivity index (χ2v) is 5.47. The van der Waals surface area contributed by atoms with Crippen LogP contribution in [0.4, 0.5) is 0 Å². The van der Waals surface area contributed by atoms with Crippen LogP contribution < -0.4 is 11.2 Å². The molecule has 0 fully saturated rings. The molecule has 2 rings (SSSR count). The van der Waals surface area contributed by atoms with Gasteiger partial charge in [-0.05, 0) is 12.5 Å². The molecule has 0 spiro atoms. The van der Waals surface area contributed by atoms with Gasteiger partial charge in [0.15, 0.2) is 0 Å². The van der Waals surface area contributed by atoms with Crippen LogP contribution in [0.1, 0.15) is 23.8 Å². The smallest absolute Gasteiger partial charge is 0.331 e. The van der Waals surface area contributed by atoms with Crippen LogP contribution >= 0.6 is 11.3 Å². The molecule has 0 aliphatic rings. The number of thiophene rings is 1. The molecular weight excluding hydrogens is 288 g/mol. The lowest BCUT2D eigenvalue weighted by molar-refractivity contribution is 0.350. The van der Waals surface area contributed by atoms with Gasteiger partial charge in [0.2, 0.25) is 0 Å². The number of aliphatic hydroxyl groups is 1. The summed E-state index contributed by atoms with van der Waals surface area (Å²) in [5, 5.41) is 10.5. The highest BCUT2D eigenvalue weighted by Gasteiger charge is 2.07. The average Bonchev–Trinajstić information content (AvgIpc) is 2.92. The Morgan fingerprint density at radius 1 is 1.38 bits per heavy atom. The van der Waals surface area contributed by atoms with Crippen LogP contribution in [-0.2, 0) is 13.1 Å². The van der Waals surface area contributed by atoms with E-state index < -0.39 is 0 Å². The number of rotatable bonds is 4. The van der Waals surface area contributed by atoms with Crippen LogP contribution in [0.5, 0.6) is 0 Å². The maximum atomic E-state index is 12.2. The van der Waals surface area contributed by atoms with Crippen molar-refractivity contribution in [3.05, 3.63) is 55.0 Å². The molecular formula is C15H16N2O3S. The van der Waals surface area contributed by atoms with Crippen LogP contribution in [-0.4, -0.2) is 20.8 Å². The number of nitrogens with zero attached hydrogens (tertiary/aromatic N) is 2. The molecule has 0 saturated heterocycles. The standard InChI is InChI=1S/C15H16N2O3S/c1-2-6-16-7-5-14(19)17(15(16)20)10-13-9-12(11-21-13)4-3-8-18/h5,7,9,11,18H,2,6,8,10H2,1H3. The summed E-state index contributed by atoms with van der Waals surface area (Å²) in [6, 6.07) is 3.24. The summed E-state index contributed by atoms with van der Waals surface area (Å²) in [4.78, 5) is 25.0. The minimum Gasteiger partial charge on any atom is -0.384 e. The van der Waals surface area contributed by atoms with E-state index in [1.54, 1.807) is 4.57 Å². The Kier molecular flexibility index (Phi) is 5.14. The van der Waals surface area contributed by atoms with Crippen molar-refractivity contribution >= 4 is 11.3 Å². The second kappa shape index (κ2) is 7.07. The largest absolute Gasteiger partial charge is 0.384 e. The van der Waals surface area contributed by atoms with Gasteiger partial charge >= 0.3 is 5.69 Å². The van der Waals surface area contributed by atoms with Gasteiger partial charge in [0.25, 0.3) is 5.56 Å². The van der Waals surface area contributed by atoms with Gasteiger partial charge in [-0.25, -0.2) is 4.79 Å². The summed E-state index contributed by atoms with van der Waals surface area (Å²) in [7, 11) is 0. The molecule has 0 unspecified atom stereocenters. The number of hydrogen-bond donors (Lipinski definition) is 1. The Morgan fingerprint density at radius 3 is 2.90 bits per heavy atom. The fourth-order valence-electron chi connectivity index (χ4n) is 1.94. The zero-order valence-corrected chi connectivity index (χ0v) is 12.5. The first-order valence-electron chi connectivity index (χ1n) is 6.63. The van der Waals surface area contributed by atoms with Crippen LogP contribution in [0.15, 0.2) is 33.3 Å². The lowest BCUT2D eigenvalue weighted by Gasteiger charge is -2.07. The molecule has 0 amide bonds. The molecule has 0 aliphatic carbocycles. The van der Waals surface area contributed by atoms with E-state index in [4.69, 9.17) is 5.11 Å². The summed E-state index contributed by atoms with van der Waals surface area (Å²) in [5.74, 6) is 5.37. The highest BCUT2D eigenvalue weighted by atomic mass is 32.1. The van der Waals surface area contributed by atoms with Gasteiger partial charge in [-0.15, -0.1) is 11.3 Å². The minimum atomic E-state index is -0.302. The molecule has 0 atom stereocenters. The van der Waals surface area contributed by atoms with Crippen LogP contribution in [0.2, 0.25) is 0 Å². The van der Waals surface area contributed by atoms with Crippen molar-refractivity contribution in [2.45, 2.75) is 26.4 Å². The van der Waals surface area contributed by atoms with Gasteiger partial charge in [0, 0.05) is 34.6 Å². The summed E-state index contributed by atoms with van der Waals surface area (Å²) in [6.45, 7) is 2.63. The van der Waals surface area contributed by atoms with E-state index in [0.717, 1.165) is 16.9 Å². The van der Waals surface area contributed by atoms with Crippen LogP contribution in [0.25, 0.3) is 0 Å². The molecule has 5 nitrogen and oxygen atoms in total. The number of aryl methyl sites for hydroxylation is 1. The van der Waals surface area contributed by atoms with E-state index in [-0.39, 0.29) is 24.4 Å². The third-order valence-corrected chi connectivity index (χ3v) is 3.81. The predicted molar refractivity (Wildman–Crippen MR) is 82.6 cm³/mol. The van der Waals surface area contributed by atoms with Crippen molar-refractivity contribution in [3.8, 4) is 11.8 Å². The van der Waals surface area contributed by atoms with Gasteiger partial charge < -0.3 is 9.67 Å². The SMILES string of the molecule is CCCn1ccc(=O)n(Cc2cc(C#CCO)cs2)c1=O. The molecule has 2 aromatic rings. The Morgan fingerprint density at radius 2 is 2.19 bits per heavy atom. The van der Waals surface area contributed by atoms with Gasteiger partial charge in [0.1, 0.15) is 6.61 Å². The normalized spacial score (nSPS) is 10.2. The van der Waals surface area contributed by atoms with Crippen molar-refractivity contribution in [1.29, 1.82) is 0 Å². The van der Waals surface area contributed by atoms with Crippen molar-refractivity contribution in [3.63, 3.8) is 0 Å². The van der Waals surface area contributed by atoms with Gasteiger partial charge in [-0.2, -0.15) is 0 Å². The maximum Gasteiger partial charge on any atom is 0.331 e. The van der Waals surface area contributed by atoms with Gasteiger partial charge in [-0.3, -0.25) is 9.36 Å². The molecule has 2 heterocycles. The topological polar surface area (TPSA) is 64.2 Å². The van der Waals surface area contributed by atoms with E-state index in [1.807, 2.05) is 18.4 Å². The monoisotopic (exact) mass is 304 g/mol. The van der Waals surface area contributed by atoms with Gasteiger partial charge in [-0.1, -0.05) is 18.8 Å². The third-order valence-electron chi connectivity index (χ3n) is 2.88. The molecule has 0 aliphatic heterocycles. The molecule has 0 aromatic carbocycles. The molecule has 0 saturated carbocycles. The average molecular weight is 304 g/mol. The predicted octanol–water partition coefficient (Wildman–Crippen LogP) is 0.874. The highest BCUT2D eigenvalue weighted by molar-refractivity contribution is 7.10. The van der Waals surface area contributed by atoms with E-state index in [1.165, 1.54) is 28.2 Å². The second-order valence-electron chi connectivity index (χ2n) is 4.48. The van der Waals surface area contributed by atoms with Crippen molar-refractivity contribution in [2.75, 3.05) is 6.61 Å². The fourth-order valence-corrected chi connectivity index (χ4v) is 2.74. The van der Waals surface area contributed by atoms with E-state index in [0.29, 0.717) is 6.54 Å². The third kappa shape index (κ3) is 3.72. The molecule has 2 aromatic heterocycles. The number of hydrogen-bond acceptors (Lipinski definition) is 4. The highest BCUT2D eigenvalue weighted by Crippen LogP contribution is 2.14. The molecule has 6 heteroatoms. The van der Waals surface area contributed by atoms with E-state index in [2.05, 4.69) is 11.8 Å². The Hall–Kier alpha value is -2.10. The van der Waals surface area contributed by atoms with E-state index >= 15 is 0 Å². The molecule has 21 heavy (non-hydrogen) atoms. The first-order valence-corrected chi connectivity index (χ1v) is 7.51. The quantitative estimate of drug-likeness (QED) is 0.853. The Bertz CT molecular complexity index is 789. The molecule has 110 valence electrons. The summed E-state index contributed by atoms with van der Waals surface area (Å²) >= 11 is 1.44. The molecule has 0 radical (unpaired) electrons. The summed E-state index contributed by atoms with van der Waals surface area (Å²) in [6.07, 6.45) is 2.37. The zero-order chi connectivity index (χ0) is 15.2. The lowest BCUT2D eigenvalue weighted by atomic mass is 10.3. The maximum absolute atomic E-state index is 12.2. The number of aliphatic hydroxyl groups excluding tert-OH is 1. The lowest BCUT2D eigenvalue weighted by Crippen LogP contribution is -2.39. The zero-order valence-electron chi connectivity index (χ0n) is 11.7. The van der Waals surface area contributed by atoms with Crippen LogP contribution in [0.3, 0.4) is 0 Å². The van der Waals surface area contributed by atoms with Crippen LogP contribution in [0, 0.1) is 11.8 Å². The van der Waals surface area contributed by atoms with Crippen molar-refractivity contribution < 1.29 is 5.11 Å². The fraction of sp³-hybridized carbons (Fsp3) is 0.333.